The first-order chi connectivity index (χ1) is 18.3. The first-order valence-corrected chi connectivity index (χ1v) is 13.1. The Kier molecular flexibility index (Phi) is 5.65. The quantitative estimate of drug-likeness (QED) is 0.334. The van der Waals surface area contributed by atoms with Crippen LogP contribution in [-0.2, 0) is 0 Å². The average Bonchev–Trinajstić information content (AvgIpc) is 3.58. The zero-order chi connectivity index (χ0) is 24.6. The van der Waals surface area contributed by atoms with Gasteiger partial charge in [0.1, 0.15) is 23.1 Å². The van der Waals surface area contributed by atoms with E-state index in [-0.39, 0.29) is 6.10 Å². The Balaban J connectivity index is 1.23. The topological polar surface area (TPSA) is 121 Å². The van der Waals surface area contributed by atoms with Gasteiger partial charge in [-0.05, 0) is 63.4 Å². The predicted octanol–water partition coefficient (Wildman–Crippen LogP) is 4.08. The van der Waals surface area contributed by atoms with Gasteiger partial charge in [0.05, 0.1) is 17.1 Å². The van der Waals surface area contributed by atoms with Crippen LogP contribution in [0, 0.1) is 0 Å². The molecule has 37 heavy (non-hydrogen) atoms. The van der Waals surface area contributed by atoms with Gasteiger partial charge in [-0.25, -0.2) is 15.0 Å². The van der Waals surface area contributed by atoms with E-state index >= 15 is 0 Å². The number of H-pyrrole nitrogens is 2. The lowest BCUT2D eigenvalue weighted by molar-refractivity contribution is 0.162. The Bertz CT molecular complexity index is 1550. The highest BCUT2D eigenvalue weighted by Gasteiger charge is 2.20. The Morgan fingerprint density at radius 3 is 2.70 bits per heavy atom. The molecule has 7 heterocycles. The van der Waals surface area contributed by atoms with Gasteiger partial charge < -0.3 is 19.9 Å². The molecule has 2 aliphatic rings. The second-order valence-corrected chi connectivity index (χ2v) is 9.83. The number of pyridine rings is 3. The van der Waals surface area contributed by atoms with Crippen molar-refractivity contribution in [2.75, 3.05) is 31.1 Å². The van der Waals surface area contributed by atoms with Crippen LogP contribution in [0.15, 0.2) is 43.0 Å². The van der Waals surface area contributed by atoms with Crippen molar-refractivity contribution in [1.29, 1.82) is 0 Å². The molecule has 2 aliphatic heterocycles. The summed E-state index contributed by atoms with van der Waals surface area (Å²) in [5.74, 6) is 2.43. The molecule has 10 heteroatoms. The molecule has 7 rings (SSSR count). The molecule has 0 amide bonds. The molecule has 5 aromatic heterocycles. The number of fused-ring (bicyclic) bond motifs is 2. The molecule has 10 nitrogen and oxygen atoms in total. The first-order valence-electron chi connectivity index (χ1n) is 13.1. The minimum atomic E-state index is 0.219. The molecule has 3 N–H and O–H groups in total. The van der Waals surface area contributed by atoms with Crippen molar-refractivity contribution < 1.29 is 4.74 Å². The highest BCUT2D eigenvalue weighted by atomic mass is 16.5. The first kappa shape index (κ1) is 22.2. The van der Waals surface area contributed by atoms with Gasteiger partial charge in [0.25, 0.3) is 0 Å². The maximum absolute atomic E-state index is 6.21. The van der Waals surface area contributed by atoms with Crippen molar-refractivity contribution in [2.45, 2.75) is 38.2 Å². The molecule has 0 bridgehead atoms. The summed E-state index contributed by atoms with van der Waals surface area (Å²) in [4.78, 5) is 24.5. The normalized spacial score (nSPS) is 17.0. The number of imidazole rings is 1. The number of aromatic nitrogens is 7. The minimum absolute atomic E-state index is 0.219. The van der Waals surface area contributed by atoms with Crippen LogP contribution >= 0.6 is 0 Å². The number of rotatable bonds is 5. The van der Waals surface area contributed by atoms with Crippen LogP contribution in [0.2, 0.25) is 0 Å². The van der Waals surface area contributed by atoms with E-state index in [1.165, 1.54) is 19.3 Å². The van der Waals surface area contributed by atoms with Gasteiger partial charge in [-0.15, -0.1) is 0 Å². The summed E-state index contributed by atoms with van der Waals surface area (Å²) in [6, 6.07) is 6.09. The molecular formula is C27H29N9O. The summed E-state index contributed by atoms with van der Waals surface area (Å²) in [5, 5.41) is 11.9. The second kappa shape index (κ2) is 9.44. The molecule has 0 aliphatic carbocycles. The second-order valence-electron chi connectivity index (χ2n) is 9.83. The van der Waals surface area contributed by atoms with Gasteiger partial charge in [0.15, 0.2) is 17.3 Å². The average molecular weight is 496 g/mol. The van der Waals surface area contributed by atoms with Crippen LogP contribution in [-0.4, -0.2) is 67.4 Å². The van der Waals surface area contributed by atoms with E-state index < -0.39 is 0 Å². The standard InChI is InChI=1S/C27H29N9O/c1-2-10-36(11-3-1)27-24-22(6-9-30-27)32-26(33-24)23-21-13-18(15-31-25(21)35-34-23)17-12-20(16-29-14-17)37-19-4-7-28-8-5-19/h6,9,12-16,19,28H,1-5,7-8,10-11H2,(H,32,33)(H,31,34,35). The molecule has 0 radical (unpaired) electrons. The molecular weight excluding hydrogens is 466 g/mol. The predicted molar refractivity (Wildman–Crippen MR) is 143 cm³/mol. The largest absolute Gasteiger partial charge is 0.489 e. The maximum Gasteiger partial charge on any atom is 0.159 e. The van der Waals surface area contributed by atoms with Crippen molar-refractivity contribution in [3.05, 3.63) is 43.0 Å². The lowest BCUT2D eigenvalue weighted by Gasteiger charge is -2.27. The Labute approximate surface area is 213 Å². The van der Waals surface area contributed by atoms with Crippen molar-refractivity contribution in [3.63, 3.8) is 0 Å². The number of ether oxygens (including phenoxy) is 1. The molecule has 5 aromatic rings. The fourth-order valence-electron chi connectivity index (χ4n) is 5.36. The van der Waals surface area contributed by atoms with Crippen LogP contribution in [0.3, 0.4) is 0 Å². The number of nitrogens with zero attached hydrogens (tertiary/aromatic N) is 6. The molecule has 0 spiro atoms. The van der Waals surface area contributed by atoms with E-state index in [4.69, 9.17) is 9.72 Å². The van der Waals surface area contributed by atoms with Gasteiger partial charge in [-0.3, -0.25) is 10.1 Å². The number of anilines is 1. The molecule has 0 atom stereocenters. The number of hydrogen-bond acceptors (Lipinski definition) is 8. The van der Waals surface area contributed by atoms with E-state index in [0.717, 1.165) is 83.8 Å². The highest BCUT2D eigenvalue weighted by Crippen LogP contribution is 2.32. The van der Waals surface area contributed by atoms with Crippen LogP contribution < -0.4 is 15.0 Å². The van der Waals surface area contributed by atoms with Gasteiger partial charge in [-0.1, -0.05) is 0 Å². The summed E-state index contributed by atoms with van der Waals surface area (Å²) in [5.41, 5.74) is 5.19. The summed E-state index contributed by atoms with van der Waals surface area (Å²) < 4.78 is 6.21. The van der Waals surface area contributed by atoms with Crippen LogP contribution in [0.25, 0.3) is 44.7 Å². The lowest BCUT2D eigenvalue weighted by atomic mass is 10.1. The number of aromatic amines is 2. The van der Waals surface area contributed by atoms with Gasteiger partial charge in [-0.2, -0.15) is 5.10 Å². The highest BCUT2D eigenvalue weighted by molar-refractivity contribution is 5.95. The molecule has 0 aromatic carbocycles. The fraction of sp³-hybridized carbons (Fsp3) is 0.370. The summed E-state index contributed by atoms with van der Waals surface area (Å²) in [6.07, 6.45) is 13.2. The number of hydrogen-bond donors (Lipinski definition) is 3. The van der Waals surface area contributed by atoms with Gasteiger partial charge in [0.2, 0.25) is 0 Å². The molecule has 188 valence electrons. The third kappa shape index (κ3) is 4.27. The zero-order valence-electron chi connectivity index (χ0n) is 20.6. The van der Waals surface area contributed by atoms with E-state index in [2.05, 4.69) is 46.4 Å². The van der Waals surface area contributed by atoms with Gasteiger partial charge in [0, 0.05) is 42.8 Å². The van der Waals surface area contributed by atoms with Crippen molar-refractivity contribution in [2.24, 2.45) is 0 Å². The van der Waals surface area contributed by atoms with E-state index in [9.17, 15) is 0 Å². The Morgan fingerprint density at radius 1 is 0.946 bits per heavy atom. The summed E-state index contributed by atoms with van der Waals surface area (Å²) in [6.45, 7) is 4.00. The fourth-order valence-corrected chi connectivity index (χ4v) is 5.36. The van der Waals surface area contributed by atoms with Crippen LogP contribution in [0.1, 0.15) is 32.1 Å². The summed E-state index contributed by atoms with van der Waals surface area (Å²) in [7, 11) is 0. The molecule has 0 unspecified atom stereocenters. The van der Waals surface area contributed by atoms with Crippen molar-refractivity contribution >= 4 is 27.9 Å². The summed E-state index contributed by atoms with van der Waals surface area (Å²) >= 11 is 0. The molecule has 0 saturated carbocycles. The SMILES string of the molecule is c1cc2[nH]c(-c3n[nH]c4ncc(-c5cncc(OC6CCNCC6)c5)cc34)nc2c(N2CCCCC2)n1. The third-order valence-corrected chi connectivity index (χ3v) is 7.31. The Morgan fingerprint density at radius 2 is 1.81 bits per heavy atom. The minimum Gasteiger partial charge on any atom is -0.489 e. The molecule has 2 fully saturated rings. The van der Waals surface area contributed by atoms with Gasteiger partial charge >= 0.3 is 0 Å². The van der Waals surface area contributed by atoms with Crippen molar-refractivity contribution in [1.82, 2.24) is 40.4 Å². The maximum atomic E-state index is 6.21. The smallest absolute Gasteiger partial charge is 0.159 e. The van der Waals surface area contributed by atoms with E-state index in [1.54, 1.807) is 6.20 Å². The van der Waals surface area contributed by atoms with Crippen molar-refractivity contribution in [3.8, 4) is 28.4 Å². The molecule has 2 saturated heterocycles. The number of nitrogens with one attached hydrogen (secondary N) is 3. The number of piperidine rings is 2. The van der Waals surface area contributed by atoms with Crippen LogP contribution in [0.4, 0.5) is 5.82 Å². The monoisotopic (exact) mass is 495 g/mol. The third-order valence-electron chi connectivity index (χ3n) is 7.31. The zero-order valence-corrected chi connectivity index (χ0v) is 20.6. The Hall–Kier alpha value is -4.05. The lowest BCUT2D eigenvalue weighted by Crippen LogP contribution is -2.34. The van der Waals surface area contributed by atoms with E-state index in [1.807, 2.05) is 30.7 Å². The van der Waals surface area contributed by atoms with Crippen LogP contribution in [0.5, 0.6) is 5.75 Å². The van der Waals surface area contributed by atoms with E-state index in [0.29, 0.717) is 11.5 Å².